The molecular weight excluding hydrogens is 219 g/mol. The quantitative estimate of drug-likeness (QED) is 0.855. The fourth-order valence-corrected chi connectivity index (χ4v) is 1.39. The van der Waals surface area contributed by atoms with E-state index in [0.29, 0.717) is 12.2 Å². The van der Waals surface area contributed by atoms with E-state index in [4.69, 9.17) is 10.00 Å². The number of nitrogens with zero attached hydrogens (tertiary/aromatic N) is 1. The van der Waals surface area contributed by atoms with Crippen molar-refractivity contribution in [2.45, 2.75) is 25.9 Å². The third-order valence-corrected chi connectivity index (χ3v) is 2.72. The first kappa shape index (κ1) is 13.5. The summed E-state index contributed by atoms with van der Waals surface area (Å²) in [5.74, 6) is -0.497. The summed E-state index contributed by atoms with van der Waals surface area (Å²) in [6.45, 7) is 4.58. The Bertz CT molecular complexity index is 424. The molecule has 0 saturated carbocycles. The van der Waals surface area contributed by atoms with Crippen LogP contribution in [-0.4, -0.2) is 19.3 Å². The largest absolute Gasteiger partial charge is 0.384 e. The molecule has 0 fully saturated rings. The fraction of sp³-hybridized carbons (Fsp3) is 0.462. The molecule has 0 saturated heterocycles. The van der Waals surface area contributed by atoms with Crippen molar-refractivity contribution in [3.8, 4) is 6.07 Å². The second-order valence-corrected chi connectivity index (χ2v) is 4.41. The summed E-state index contributed by atoms with van der Waals surface area (Å²) >= 11 is 0. The maximum absolute atomic E-state index is 13.3. The topological polar surface area (TPSA) is 45.0 Å². The summed E-state index contributed by atoms with van der Waals surface area (Å²) in [7, 11) is 1.66. The number of nitriles is 1. The first-order valence-electron chi connectivity index (χ1n) is 5.48. The van der Waals surface area contributed by atoms with E-state index in [1.807, 2.05) is 19.9 Å². The van der Waals surface area contributed by atoms with Crippen LogP contribution in [0.2, 0.25) is 0 Å². The molecule has 1 aromatic rings. The summed E-state index contributed by atoms with van der Waals surface area (Å²) in [6, 6.07) is 6.42. The number of hydrogen-bond acceptors (Lipinski definition) is 3. The van der Waals surface area contributed by atoms with Gasteiger partial charge in [0.05, 0.1) is 11.3 Å². The van der Waals surface area contributed by atoms with Crippen LogP contribution in [0.1, 0.15) is 25.8 Å². The summed E-state index contributed by atoms with van der Waals surface area (Å²) in [4.78, 5) is 0. The average Bonchev–Trinajstić information content (AvgIpc) is 2.29. The van der Waals surface area contributed by atoms with Crippen LogP contribution in [0.15, 0.2) is 18.2 Å². The molecule has 0 radical (unpaired) electrons. The Kier molecular flexibility index (Phi) is 4.47. The lowest BCUT2D eigenvalue weighted by Crippen LogP contribution is -2.25. The minimum Gasteiger partial charge on any atom is -0.384 e. The van der Waals surface area contributed by atoms with Crippen molar-refractivity contribution in [2.24, 2.45) is 0 Å². The fourth-order valence-electron chi connectivity index (χ4n) is 1.39. The molecule has 4 heteroatoms. The molecule has 0 aliphatic carbocycles. The van der Waals surface area contributed by atoms with Crippen LogP contribution in [0.25, 0.3) is 0 Å². The Balaban J connectivity index is 2.65. The molecule has 0 amide bonds. The van der Waals surface area contributed by atoms with Gasteiger partial charge in [0.1, 0.15) is 17.4 Å². The molecule has 1 N–H and O–H groups in total. The van der Waals surface area contributed by atoms with Crippen molar-refractivity contribution in [2.75, 3.05) is 19.0 Å². The first-order chi connectivity index (χ1) is 8.00. The standard InChI is InChI=1S/C13H17FN2O/c1-13(2,17-3)7-8-16-12-6-4-5-11(14)10(12)9-15/h4-6,16H,7-8H2,1-3H3. The summed E-state index contributed by atoms with van der Waals surface area (Å²) in [5.41, 5.74) is 0.356. The average molecular weight is 236 g/mol. The molecule has 92 valence electrons. The highest BCUT2D eigenvalue weighted by atomic mass is 19.1. The SMILES string of the molecule is COC(C)(C)CCNc1cccc(F)c1C#N. The van der Waals surface area contributed by atoms with E-state index in [9.17, 15) is 4.39 Å². The zero-order valence-electron chi connectivity index (χ0n) is 10.4. The van der Waals surface area contributed by atoms with Gasteiger partial charge in [0.15, 0.2) is 0 Å². The molecule has 1 aromatic carbocycles. The monoisotopic (exact) mass is 236 g/mol. The number of anilines is 1. The molecule has 17 heavy (non-hydrogen) atoms. The van der Waals surface area contributed by atoms with Gasteiger partial charge in [-0.2, -0.15) is 5.26 Å². The van der Waals surface area contributed by atoms with Crippen LogP contribution in [0.5, 0.6) is 0 Å². The van der Waals surface area contributed by atoms with Gasteiger partial charge in [0, 0.05) is 13.7 Å². The molecule has 0 aliphatic rings. The third kappa shape index (κ3) is 3.72. The Morgan fingerprint density at radius 1 is 1.47 bits per heavy atom. The van der Waals surface area contributed by atoms with Crippen LogP contribution >= 0.6 is 0 Å². The highest BCUT2D eigenvalue weighted by molar-refractivity contribution is 5.57. The normalized spacial score (nSPS) is 11.0. The van der Waals surface area contributed by atoms with Gasteiger partial charge >= 0.3 is 0 Å². The van der Waals surface area contributed by atoms with E-state index in [2.05, 4.69) is 5.32 Å². The molecule has 3 nitrogen and oxygen atoms in total. The van der Waals surface area contributed by atoms with Gasteiger partial charge in [0.25, 0.3) is 0 Å². The lowest BCUT2D eigenvalue weighted by Gasteiger charge is -2.23. The van der Waals surface area contributed by atoms with E-state index in [0.717, 1.165) is 6.42 Å². The van der Waals surface area contributed by atoms with E-state index in [1.165, 1.54) is 6.07 Å². The lowest BCUT2D eigenvalue weighted by molar-refractivity contribution is 0.0185. The highest BCUT2D eigenvalue weighted by Crippen LogP contribution is 2.19. The molecule has 1 rings (SSSR count). The van der Waals surface area contributed by atoms with Crippen molar-refractivity contribution in [1.29, 1.82) is 5.26 Å². The third-order valence-electron chi connectivity index (χ3n) is 2.72. The van der Waals surface area contributed by atoms with E-state index in [-0.39, 0.29) is 11.2 Å². The zero-order chi connectivity index (χ0) is 12.9. The van der Waals surface area contributed by atoms with Crippen LogP contribution in [0.3, 0.4) is 0 Å². The Hall–Kier alpha value is -1.60. The zero-order valence-corrected chi connectivity index (χ0v) is 10.4. The highest BCUT2D eigenvalue weighted by Gasteiger charge is 2.16. The van der Waals surface area contributed by atoms with Crippen molar-refractivity contribution < 1.29 is 9.13 Å². The van der Waals surface area contributed by atoms with Gasteiger partial charge < -0.3 is 10.1 Å². The molecule has 0 atom stereocenters. The van der Waals surface area contributed by atoms with Gasteiger partial charge in [0.2, 0.25) is 0 Å². The van der Waals surface area contributed by atoms with Gasteiger partial charge in [-0.3, -0.25) is 0 Å². The second-order valence-electron chi connectivity index (χ2n) is 4.41. The van der Waals surface area contributed by atoms with Gasteiger partial charge in [-0.25, -0.2) is 4.39 Å². The molecular formula is C13H17FN2O. The van der Waals surface area contributed by atoms with Gasteiger partial charge in [-0.1, -0.05) is 6.07 Å². The second kappa shape index (κ2) is 5.65. The number of rotatable bonds is 5. The minimum atomic E-state index is -0.497. The van der Waals surface area contributed by atoms with Gasteiger partial charge in [-0.15, -0.1) is 0 Å². The van der Waals surface area contributed by atoms with Crippen molar-refractivity contribution in [3.63, 3.8) is 0 Å². The summed E-state index contributed by atoms with van der Waals surface area (Å²) < 4.78 is 18.6. The van der Waals surface area contributed by atoms with Crippen molar-refractivity contribution in [3.05, 3.63) is 29.6 Å². The minimum absolute atomic E-state index is 0.0581. The van der Waals surface area contributed by atoms with E-state index < -0.39 is 5.82 Å². The van der Waals surface area contributed by atoms with Crippen LogP contribution in [0.4, 0.5) is 10.1 Å². The van der Waals surface area contributed by atoms with Crippen molar-refractivity contribution in [1.82, 2.24) is 0 Å². The van der Waals surface area contributed by atoms with Crippen molar-refractivity contribution >= 4 is 5.69 Å². The number of nitrogens with one attached hydrogen (secondary N) is 1. The molecule has 0 unspecified atom stereocenters. The number of ether oxygens (including phenoxy) is 1. The predicted molar refractivity (Wildman–Crippen MR) is 65.3 cm³/mol. The summed E-state index contributed by atoms with van der Waals surface area (Å²) in [5, 5.41) is 11.9. The van der Waals surface area contributed by atoms with Crippen LogP contribution < -0.4 is 5.32 Å². The Morgan fingerprint density at radius 2 is 2.18 bits per heavy atom. The molecule has 0 heterocycles. The number of benzene rings is 1. The van der Waals surface area contributed by atoms with Gasteiger partial charge in [-0.05, 0) is 32.4 Å². The number of hydrogen-bond donors (Lipinski definition) is 1. The van der Waals surface area contributed by atoms with Crippen LogP contribution in [0, 0.1) is 17.1 Å². The molecule has 0 spiro atoms. The molecule has 0 aromatic heterocycles. The van der Waals surface area contributed by atoms with E-state index in [1.54, 1.807) is 19.2 Å². The van der Waals surface area contributed by atoms with Crippen LogP contribution in [-0.2, 0) is 4.74 Å². The summed E-state index contributed by atoms with van der Waals surface area (Å²) in [6.07, 6.45) is 0.769. The maximum atomic E-state index is 13.3. The Labute approximate surface area is 101 Å². The lowest BCUT2D eigenvalue weighted by atomic mass is 10.1. The maximum Gasteiger partial charge on any atom is 0.143 e. The first-order valence-corrected chi connectivity index (χ1v) is 5.48. The molecule has 0 aliphatic heterocycles. The smallest absolute Gasteiger partial charge is 0.143 e. The molecule has 0 bridgehead atoms. The van der Waals surface area contributed by atoms with E-state index >= 15 is 0 Å². The number of methoxy groups -OCH3 is 1. The number of halogens is 1. The Morgan fingerprint density at radius 3 is 2.76 bits per heavy atom. The predicted octanol–water partition coefficient (Wildman–Crippen LogP) is 2.92.